The second kappa shape index (κ2) is 6.86. The van der Waals surface area contributed by atoms with Crippen LogP contribution in [0, 0.1) is 0 Å². The van der Waals surface area contributed by atoms with Crippen molar-refractivity contribution < 1.29 is 9.53 Å². The minimum absolute atomic E-state index is 0.0898. The maximum Gasteiger partial charge on any atom is 0.239 e. The van der Waals surface area contributed by atoms with Crippen molar-refractivity contribution in [3.63, 3.8) is 0 Å². The van der Waals surface area contributed by atoms with Crippen LogP contribution in [0.3, 0.4) is 0 Å². The molecule has 4 heteroatoms. The Morgan fingerprint density at radius 3 is 2.94 bits per heavy atom. The Bertz CT molecular complexity index is 213. The smallest absolute Gasteiger partial charge is 0.239 e. The van der Waals surface area contributed by atoms with Crippen LogP contribution in [0.25, 0.3) is 0 Å². The summed E-state index contributed by atoms with van der Waals surface area (Å²) in [4.78, 5) is 13.6. The van der Waals surface area contributed by atoms with Crippen LogP contribution < -0.4 is 5.32 Å². The molecular weight excluding hydrogens is 204 g/mol. The number of rotatable bonds is 4. The van der Waals surface area contributed by atoms with E-state index in [0.29, 0.717) is 6.04 Å². The molecule has 4 nitrogen and oxygen atoms in total. The molecule has 1 aliphatic heterocycles. The summed E-state index contributed by atoms with van der Waals surface area (Å²) >= 11 is 0. The summed E-state index contributed by atoms with van der Waals surface area (Å²) in [5.41, 5.74) is 0. The highest BCUT2D eigenvalue weighted by Gasteiger charge is 2.20. The minimum Gasteiger partial charge on any atom is -0.381 e. The van der Waals surface area contributed by atoms with Gasteiger partial charge in [-0.3, -0.25) is 4.79 Å². The number of likely N-dealkylation sites (N-methyl/N-ethyl adjacent to an activating group) is 1. The fraction of sp³-hybridized carbons (Fsp3) is 0.917. The molecule has 94 valence electrons. The Kier molecular flexibility index (Phi) is 5.77. The van der Waals surface area contributed by atoms with E-state index in [-0.39, 0.29) is 11.9 Å². The summed E-state index contributed by atoms with van der Waals surface area (Å²) in [6, 6.07) is 0.333. The van der Waals surface area contributed by atoms with Crippen molar-refractivity contribution in [3.8, 4) is 0 Å². The quantitative estimate of drug-likeness (QED) is 0.781. The number of nitrogens with one attached hydrogen (secondary N) is 1. The first-order chi connectivity index (χ1) is 7.65. The Morgan fingerprint density at radius 2 is 2.25 bits per heavy atom. The van der Waals surface area contributed by atoms with E-state index in [4.69, 9.17) is 4.74 Å². The van der Waals surface area contributed by atoms with Crippen LogP contribution in [0.1, 0.15) is 33.1 Å². The lowest BCUT2D eigenvalue weighted by Crippen LogP contribution is -2.47. The maximum absolute atomic E-state index is 11.9. The van der Waals surface area contributed by atoms with E-state index in [1.165, 1.54) is 0 Å². The molecular formula is C12H24N2O2. The van der Waals surface area contributed by atoms with Crippen LogP contribution in [-0.2, 0) is 9.53 Å². The molecule has 0 aliphatic carbocycles. The first-order valence-electron chi connectivity index (χ1n) is 6.24. The standard InChI is InChI=1S/C12H24N2O2/c1-4-14(3)12(15)10(2)13-11-6-5-8-16-9-7-11/h10-11,13H,4-9H2,1-3H3. The first-order valence-corrected chi connectivity index (χ1v) is 6.24. The van der Waals surface area contributed by atoms with E-state index in [0.717, 1.165) is 39.0 Å². The third-order valence-corrected chi connectivity index (χ3v) is 3.16. The summed E-state index contributed by atoms with van der Waals surface area (Å²) in [7, 11) is 1.84. The number of carbonyl (C=O) groups is 1. The average molecular weight is 228 g/mol. The van der Waals surface area contributed by atoms with E-state index in [2.05, 4.69) is 5.32 Å². The molecule has 16 heavy (non-hydrogen) atoms. The second-order valence-corrected chi connectivity index (χ2v) is 4.48. The van der Waals surface area contributed by atoms with E-state index < -0.39 is 0 Å². The van der Waals surface area contributed by atoms with E-state index in [1.807, 2.05) is 20.9 Å². The van der Waals surface area contributed by atoms with Gasteiger partial charge in [-0.1, -0.05) is 0 Å². The van der Waals surface area contributed by atoms with Crippen molar-refractivity contribution in [2.45, 2.75) is 45.2 Å². The minimum atomic E-state index is -0.0898. The Morgan fingerprint density at radius 1 is 1.50 bits per heavy atom. The number of ether oxygens (including phenoxy) is 1. The van der Waals surface area contributed by atoms with Crippen molar-refractivity contribution in [2.24, 2.45) is 0 Å². The number of hydrogen-bond donors (Lipinski definition) is 1. The Hall–Kier alpha value is -0.610. The zero-order valence-electron chi connectivity index (χ0n) is 10.7. The van der Waals surface area contributed by atoms with Gasteiger partial charge in [0.05, 0.1) is 6.04 Å². The van der Waals surface area contributed by atoms with Crippen molar-refractivity contribution >= 4 is 5.91 Å². The molecule has 1 saturated heterocycles. The van der Waals surface area contributed by atoms with Gasteiger partial charge < -0.3 is 15.0 Å². The molecule has 2 unspecified atom stereocenters. The molecule has 0 aromatic heterocycles. The Balaban J connectivity index is 2.36. The molecule has 0 bridgehead atoms. The van der Waals surface area contributed by atoms with Gasteiger partial charge in [-0.25, -0.2) is 0 Å². The summed E-state index contributed by atoms with van der Waals surface area (Å²) in [6.07, 6.45) is 3.20. The summed E-state index contributed by atoms with van der Waals surface area (Å²) in [5, 5.41) is 3.40. The van der Waals surface area contributed by atoms with E-state index in [9.17, 15) is 4.79 Å². The van der Waals surface area contributed by atoms with Gasteiger partial charge in [0.1, 0.15) is 0 Å². The SMILES string of the molecule is CCN(C)C(=O)C(C)NC1CCCOCC1. The van der Waals surface area contributed by atoms with Gasteiger partial charge in [0.25, 0.3) is 0 Å². The predicted molar refractivity (Wildman–Crippen MR) is 64.4 cm³/mol. The van der Waals surface area contributed by atoms with Gasteiger partial charge >= 0.3 is 0 Å². The first kappa shape index (κ1) is 13.5. The van der Waals surface area contributed by atoms with E-state index in [1.54, 1.807) is 4.90 Å². The van der Waals surface area contributed by atoms with Crippen LogP contribution >= 0.6 is 0 Å². The average Bonchev–Trinajstić information content (AvgIpc) is 2.55. The van der Waals surface area contributed by atoms with Crippen molar-refractivity contribution in [2.75, 3.05) is 26.8 Å². The van der Waals surface area contributed by atoms with Crippen LogP contribution in [0.2, 0.25) is 0 Å². The van der Waals surface area contributed by atoms with Gasteiger partial charge in [-0.15, -0.1) is 0 Å². The predicted octanol–water partition coefficient (Wildman–Crippen LogP) is 1.01. The molecule has 0 saturated carbocycles. The largest absolute Gasteiger partial charge is 0.381 e. The molecule has 1 rings (SSSR count). The van der Waals surface area contributed by atoms with Crippen molar-refractivity contribution in [1.29, 1.82) is 0 Å². The highest BCUT2D eigenvalue weighted by atomic mass is 16.5. The number of nitrogens with zero attached hydrogens (tertiary/aromatic N) is 1. The van der Waals surface area contributed by atoms with Gasteiger partial charge in [0.2, 0.25) is 5.91 Å². The van der Waals surface area contributed by atoms with Gasteiger partial charge in [0.15, 0.2) is 0 Å². The fourth-order valence-corrected chi connectivity index (χ4v) is 1.98. The molecule has 1 N–H and O–H groups in total. The number of amides is 1. The monoisotopic (exact) mass is 228 g/mol. The third-order valence-electron chi connectivity index (χ3n) is 3.16. The zero-order valence-corrected chi connectivity index (χ0v) is 10.7. The summed E-state index contributed by atoms with van der Waals surface area (Å²) in [6.45, 7) is 6.36. The zero-order chi connectivity index (χ0) is 12.0. The van der Waals surface area contributed by atoms with Crippen LogP contribution in [-0.4, -0.2) is 49.7 Å². The molecule has 2 atom stereocenters. The number of hydrogen-bond acceptors (Lipinski definition) is 3. The van der Waals surface area contributed by atoms with Gasteiger partial charge in [0, 0.05) is 32.8 Å². The van der Waals surface area contributed by atoms with Crippen LogP contribution in [0.4, 0.5) is 0 Å². The highest BCUT2D eigenvalue weighted by Crippen LogP contribution is 2.09. The molecule has 1 amide bonds. The third kappa shape index (κ3) is 4.10. The van der Waals surface area contributed by atoms with Gasteiger partial charge in [-0.2, -0.15) is 0 Å². The van der Waals surface area contributed by atoms with Crippen LogP contribution in [0.15, 0.2) is 0 Å². The second-order valence-electron chi connectivity index (χ2n) is 4.48. The maximum atomic E-state index is 11.9. The molecule has 0 radical (unpaired) electrons. The van der Waals surface area contributed by atoms with E-state index >= 15 is 0 Å². The van der Waals surface area contributed by atoms with Gasteiger partial charge in [-0.05, 0) is 33.1 Å². The highest BCUT2D eigenvalue weighted by molar-refractivity contribution is 5.81. The lowest BCUT2D eigenvalue weighted by molar-refractivity contribution is -0.131. The Labute approximate surface area is 98.3 Å². The molecule has 0 spiro atoms. The van der Waals surface area contributed by atoms with Crippen molar-refractivity contribution in [3.05, 3.63) is 0 Å². The lowest BCUT2D eigenvalue weighted by Gasteiger charge is -2.24. The molecule has 1 aliphatic rings. The number of carbonyl (C=O) groups excluding carboxylic acids is 1. The molecule has 0 aromatic rings. The normalized spacial score (nSPS) is 23.6. The molecule has 0 aromatic carbocycles. The van der Waals surface area contributed by atoms with Crippen molar-refractivity contribution in [1.82, 2.24) is 10.2 Å². The van der Waals surface area contributed by atoms with Crippen LogP contribution in [0.5, 0.6) is 0 Å². The summed E-state index contributed by atoms with van der Waals surface area (Å²) in [5.74, 6) is 0.174. The molecule has 1 fully saturated rings. The fourth-order valence-electron chi connectivity index (χ4n) is 1.98. The lowest BCUT2D eigenvalue weighted by atomic mass is 10.1. The summed E-state index contributed by atoms with van der Waals surface area (Å²) < 4.78 is 5.40. The topological polar surface area (TPSA) is 41.6 Å². The molecule has 1 heterocycles.